The highest BCUT2D eigenvalue weighted by Gasteiger charge is 2.08. The molecule has 1 aromatic heterocycles. The van der Waals surface area contributed by atoms with Crippen LogP contribution in [0.1, 0.15) is 12.5 Å². The standard InChI is InChI=1S/C10H9BrOS/c1-2-6-5-13-10-7(6)3-4-8(11)9(10)12/h3-5,12H,2H2,1H3. The van der Waals surface area contributed by atoms with Gasteiger partial charge >= 0.3 is 0 Å². The summed E-state index contributed by atoms with van der Waals surface area (Å²) in [6.07, 6.45) is 1.01. The number of phenolic OH excluding ortho intramolecular Hbond substituents is 1. The van der Waals surface area contributed by atoms with E-state index in [9.17, 15) is 5.11 Å². The summed E-state index contributed by atoms with van der Waals surface area (Å²) in [6, 6.07) is 3.94. The van der Waals surface area contributed by atoms with E-state index in [0.717, 1.165) is 15.6 Å². The summed E-state index contributed by atoms with van der Waals surface area (Å²) >= 11 is 4.90. The minimum Gasteiger partial charge on any atom is -0.505 e. The van der Waals surface area contributed by atoms with Crippen LogP contribution in [0.25, 0.3) is 10.1 Å². The Morgan fingerprint density at radius 2 is 2.23 bits per heavy atom. The predicted molar refractivity (Wildman–Crippen MR) is 60.6 cm³/mol. The fourth-order valence-electron chi connectivity index (χ4n) is 1.39. The van der Waals surface area contributed by atoms with Crippen LogP contribution in [0.3, 0.4) is 0 Å². The minimum atomic E-state index is 0.363. The van der Waals surface area contributed by atoms with E-state index in [1.807, 2.05) is 6.07 Å². The largest absolute Gasteiger partial charge is 0.505 e. The van der Waals surface area contributed by atoms with Crippen LogP contribution in [0.15, 0.2) is 22.0 Å². The van der Waals surface area contributed by atoms with Gasteiger partial charge in [0.05, 0.1) is 9.17 Å². The third-order valence-electron chi connectivity index (χ3n) is 2.13. The maximum absolute atomic E-state index is 9.73. The molecule has 0 unspecified atom stereocenters. The van der Waals surface area contributed by atoms with Crippen LogP contribution in [0, 0.1) is 0 Å². The smallest absolute Gasteiger partial charge is 0.147 e. The SMILES string of the molecule is CCc1csc2c(O)c(Br)ccc12. The highest BCUT2D eigenvalue weighted by Crippen LogP contribution is 2.38. The molecule has 1 heterocycles. The van der Waals surface area contributed by atoms with Gasteiger partial charge in [0.25, 0.3) is 0 Å². The van der Waals surface area contributed by atoms with Crippen LogP contribution in [-0.4, -0.2) is 5.11 Å². The third-order valence-corrected chi connectivity index (χ3v) is 3.82. The highest BCUT2D eigenvalue weighted by molar-refractivity contribution is 9.10. The van der Waals surface area contributed by atoms with Crippen molar-refractivity contribution < 1.29 is 5.11 Å². The number of hydrogen-bond donors (Lipinski definition) is 1. The molecule has 0 aliphatic rings. The van der Waals surface area contributed by atoms with Crippen molar-refractivity contribution in [3.63, 3.8) is 0 Å². The molecule has 0 saturated carbocycles. The van der Waals surface area contributed by atoms with Crippen molar-refractivity contribution in [1.29, 1.82) is 0 Å². The second-order valence-electron chi connectivity index (χ2n) is 2.89. The predicted octanol–water partition coefficient (Wildman–Crippen LogP) is 3.93. The molecular formula is C10H9BrOS. The zero-order valence-electron chi connectivity index (χ0n) is 7.17. The average molecular weight is 257 g/mol. The first-order chi connectivity index (χ1) is 6.24. The maximum atomic E-state index is 9.73. The number of fused-ring (bicyclic) bond motifs is 1. The zero-order chi connectivity index (χ0) is 9.42. The van der Waals surface area contributed by atoms with E-state index in [0.29, 0.717) is 5.75 Å². The van der Waals surface area contributed by atoms with Gasteiger partial charge in [-0.15, -0.1) is 11.3 Å². The molecule has 68 valence electrons. The first-order valence-corrected chi connectivity index (χ1v) is 5.79. The van der Waals surface area contributed by atoms with Crippen LogP contribution in [0.4, 0.5) is 0 Å². The van der Waals surface area contributed by atoms with Crippen molar-refractivity contribution in [3.05, 3.63) is 27.5 Å². The van der Waals surface area contributed by atoms with Crippen LogP contribution in [0.2, 0.25) is 0 Å². The number of aryl methyl sites for hydroxylation is 1. The van der Waals surface area contributed by atoms with Gasteiger partial charge in [-0.2, -0.15) is 0 Å². The Bertz CT molecular complexity index is 447. The van der Waals surface area contributed by atoms with Crippen molar-refractivity contribution >= 4 is 37.4 Å². The topological polar surface area (TPSA) is 20.2 Å². The number of aromatic hydroxyl groups is 1. The molecule has 2 aromatic rings. The average Bonchev–Trinajstić information content (AvgIpc) is 2.55. The molecule has 0 aliphatic carbocycles. The van der Waals surface area contributed by atoms with Gasteiger partial charge in [0.15, 0.2) is 0 Å². The Kier molecular flexibility index (Phi) is 2.30. The third kappa shape index (κ3) is 1.36. The Labute approximate surface area is 89.1 Å². The van der Waals surface area contributed by atoms with Gasteiger partial charge in [-0.1, -0.05) is 13.0 Å². The number of thiophene rings is 1. The highest BCUT2D eigenvalue weighted by atomic mass is 79.9. The normalized spacial score (nSPS) is 10.9. The first-order valence-electron chi connectivity index (χ1n) is 4.11. The lowest BCUT2D eigenvalue weighted by molar-refractivity contribution is 0.479. The van der Waals surface area contributed by atoms with E-state index >= 15 is 0 Å². The molecule has 1 N–H and O–H groups in total. The molecule has 2 rings (SSSR count). The van der Waals surface area contributed by atoms with E-state index in [1.165, 1.54) is 10.9 Å². The fraction of sp³-hybridized carbons (Fsp3) is 0.200. The van der Waals surface area contributed by atoms with Crippen LogP contribution < -0.4 is 0 Å². The summed E-state index contributed by atoms with van der Waals surface area (Å²) in [5, 5.41) is 13.0. The van der Waals surface area contributed by atoms with Gasteiger partial charge in [-0.05, 0) is 44.7 Å². The van der Waals surface area contributed by atoms with Crippen molar-refractivity contribution in [2.45, 2.75) is 13.3 Å². The number of halogens is 1. The quantitative estimate of drug-likeness (QED) is 0.820. The molecule has 0 aliphatic heterocycles. The van der Waals surface area contributed by atoms with Crippen molar-refractivity contribution in [1.82, 2.24) is 0 Å². The molecule has 0 radical (unpaired) electrons. The molecule has 13 heavy (non-hydrogen) atoms. The van der Waals surface area contributed by atoms with Gasteiger partial charge in [0, 0.05) is 0 Å². The summed E-state index contributed by atoms with van der Waals surface area (Å²) in [7, 11) is 0. The Balaban J connectivity index is 2.81. The zero-order valence-corrected chi connectivity index (χ0v) is 9.58. The molecule has 1 aromatic carbocycles. The summed E-state index contributed by atoms with van der Waals surface area (Å²) in [6.45, 7) is 2.13. The molecule has 3 heteroatoms. The summed E-state index contributed by atoms with van der Waals surface area (Å²) in [5.74, 6) is 0.363. The van der Waals surface area contributed by atoms with Crippen LogP contribution >= 0.6 is 27.3 Å². The van der Waals surface area contributed by atoms with Crippen molar-refractivity contribution in [2.24, 2.45) is 0 Å². The lowest BCUT2D eigenvalue weighted by Crippen LogP contribution is -1.75. The molecule has 1 nitrogen and oxygen atoms in total. The number of rotatable bonds is 1. The molecule has 0 atom stereocenters. The summed E-state index contributed by atoms with van der Waals surface area (Å²) in [5.41, 5.74) is 1.31. The monoisotopic (exact) mass is 256 g/mol. The molecule has 0 spiro atoms. The number of benzene rings is 1. The van der Waals surface area contributed by atoms with Gasteiger partial charge in [-0.25, -0.2) is 0 Å². The van der Waals surface area contributed by atoms with E-state index < -0.39 is 0 Å². The Hall–Kier alpha value is -0.540. The van der Waals surface area contributed by atoms with Crippen LogP contribution in [0.5, 0.6) is 5.75 Å². The molecule has 0 bridgehead atoms. The van der Waals surface area contributed by atoms with Gasteiger partial charge in [-0.3, -0.25) is 0 Å². The van der Waals surface area contributed by atoms with E-state index in [2.05, 4.69) is 34.3 Å². The molecule has 0 saturated heterocycles. The summed E-state index contributed by atoms with van der Waals surface area (Å²) in [4.78, 5) is 0. The number of hydrogen-bond acceptors (Lipinski definition) is 2. The Morgan fingerprint density at radius 1 is 1.46 bits per heavy atom. The molecule has 0 fully saturated rings. The second kappa shape index (κ2) is 3.31. The molecular weight excluding hydrogens is 248 g/mol. The number of phenols is 1. The van der Waals surface area contributed by atoms with Crippen LogP contribution in [-0.2, 0) is 6.42 Å². The second-order valence-corrected chi connectivity index (χ2v) is 4.62. The Morgan fingerprint density at radius 3 is 2.92 bits per heavy atom. The lowest BCUT2D eigenvalue weighted by Gasteiger charge is -1.98. The lowest BCUT2D eigenvalue weighted by atomic mass is 10.1. The van der Waals surface area contributed by atoms with E-state index in [4.69, 9.17) is 0 Å². The van der Waals surface area contributed by atoms with E-state index in [-0.39, 0.29) is 0 Å². The minimum absolute atomic E-state index is 0.363. The summed E-state index contributed by atoms with van der Waals surface area (Å²) < 4.78 is 1.75. The molecule has 0 amide bonds. The van der Waals surface area contributed by atoms with Crippen molar-refractivity contribution in [2.75, 3.05) is 0 Å². The van der Waals surface area contributed by atoms with E-state index in [1.54, 1.807) is 11.3 Å². The van der Waals surface area contributed by atoms with Gasteiger partial charge in [0.1, 0.15) is 5.75 Å². The first kappa shape index (κ1) is 9.03. The fourth-order valence-corrected chi connectivity index (χ4v) is 2.95. The van der Waals surface area contributed by atoms with Gasteiger partial charge in [0.2, 0.25) is 0 Å². The van der Waals surface area contributed by atoms with Crippen molar-refractivity contribution in [3.8, 4) is 5.75 Å². The maximum Gasteiger partial charge on any atom is 0.147 e. The van der Waals surface area contributed by atoms with Gasteiger partial charge < -0.3 is 5.11 Å².